The predicted octanol–water partition coefficient (Wildman–Crippen LogP) is 3.27. The first-order valence-corrected chi connectivity index (χ1v) is 11.4. The number of amides is 2. The number of hydrogen-bond donors (Lipinski definition) is 2. The minimum absolute atomic E-state index is 0.0394. The van der Waals surface area contributed by atoms with E-state index < -0.39 is 0 Å². The van der Waals surface area contributed by atoms with E-state index in [2.05, 4.69) is 39.5 Å². The van der Waals surface area contributed by atoms with E-state index in [1.54, 1.807) is 6.20 Å². The Labute approximate surface area is 188 Å². The first-order valence-electron chi connectivity index (χ1n) is 11.4. The molecule has 6 nitrogen and oxygen atoms in total. The van der Waals surface area contributed by atoms with Crippen molar-refractivity contribution in [2.75, 3.05) is 26.2 Å². The Bertz CT molecular complexity index is 1130. The molecule has 0 radical (unpaired) electrons. The number of para-hydroxylation sites is 1. The fourth-order valence-corrected chi connectivity index (χ4v) is 5.38. The molecule has 1 unspecified atom stereocenters. The van der Waals surface area contributed by atoms with Gasteiger partial charge in [-0.25, -0.2) is 0 Å². The summed E-state index contributed by atoms with van der Waals surface area (Å²) >= 11 is 0. The number of nitrogens with zero attached hydrogens (tertiary/aromatic N) is 2. The van der Waals surface area contributed by atoms with Crippen LogP contribution >= 0.6 is 0 Å². The van der Waals surface area contributed by atoms with Gasteiger partial charge in [0.25, 0.3) is 5.91 Å². The molecule has 2 saturated heterocycles. The molecule has 2 aliphatic heterocycles. The van der Waals surface area contributed by atoms with Crippen molar-refractivity contribution in [3.8, 4) is 0 Å². The summed E-state index contributed by atoms with van der Waals surface area (Å²) in [6.07, 6.45) is 1.80. The molecule has 3 heterocycles. The highest BCUT2D eigenvalue weighted by molar-refractivity contribution is 6.07. The highest BCUT2D eigenvalue weighted by Gasteiger charge is 2.57. The number of benzene rings is 2. The second-order valence-electron chi connectivity index (χ2n) is 9.64. The number of hydrogen-bond acceptors (Lipinski definition) is 3. The lowest BCUT2D eigenvalue weighted by atomic mass is 9.71. The van der Waals surface area contributed by atoms with Gasteiger partial charge in [-0.2, -0.15) is 0 Å². The number of carbonyl (C=O) groups is 2. The van der Waals surface area contributed by atoms with Gasteiger partial charge in [0.1, 0.15) is 0 Å². The highest BCUT2D eigenvalue weighted by Crippen LogP contribution is 2.45. The van der Waals surface area contributed by atoms with Crippen LogP contribution < -0.4 is 5.32 Å². The first kappa shape index (κ1) is 20.8. The van der Waals surface area contributed by atoms with Crippen LogP contribution in [0.5, 0.6) is 0 Å². The number of aromatic amines is 1. The third kappa shape index (κ3) is 3.69. The van der Waals surface area contributed by atoms with Gasteiger partial charge < -0.3 is 15.2 Å². The van der Waals surface area contributed by atoms with E-state index in [4.69, 9.17) is 0 Å². The molecule has 166 valence electrons. The summed E-state index contributed by atoms with van der Waals surface area (Å²) < 4.78 is 0. The number of H-pyrrole nitrogens is 1. The lowest BCUT2D eigenvalue weighted by Gasteiger charge is -2.50. The van der Waals surface area contributed by atoms with E-state index in [-0.39, 0.29) is 29.2 Å². The van der Waals surface area contributed by atoms with Crippen molar-refractivity contribution in [2.45, 2.75) is 26.4 Å². The van der Waals surface area contributed by atoms with Crippen molar-refractivity contribution in [1.29, 1.82) is 0 Å². The molecule has 2 aromatic carbocycles. The molecular formula is C26H30N4O2. The minimum Gasteiger partial charge on any atom is -0.360 e. The maximum atomic E-state index is 13.3. The Morgan fingerprint density at radius 3 is 2.53 bits per heavy atom. The largest absolute Gasteiger partial charge is 0.360 e. The molecule has 32 heavy (non-hydrogen) atoms. The molecular weight excluding hydrogens is 400 g/mol. The van der Waals surface area contributed by atoms with Crippen LogP contribution in [0.25, 0.3) is 10.9 Å². The summed E-state index contributed by atoms with van der Waals surface area (Å²) in [6, 6.07) is 18.4. The smallest absolute Gasteiger partial charge is 0.256 e. The average Bonchev–Trinajstić information content (AvgIpc) is 3.34. The van der Waals surface area contributed by atoms with Crippen LogP contribution in [0.2, 0.25) is 0 Å². The predicted molar refractivity (Wildman–Crippen MR) is 125 cm³/mol. The van der Waals surface area contributed by atoms with Crippen molar-refractivity contribution in [2.24, 2.45) is 11.3 Å². The third-order valence-corrected chi connectivity index (χ3v) is 6.83. The maximum Gasteiger partial charge on any atom is 0.256 e. The van der Waals surface area contributed by atoms with Gasteiger partial charge in [-0.05, 0) is 25.5 Å². The second-order valence-corrected chi connectivity index (χ2v) is 9.64. The Kier molecular flexibility index (Phi) is 5.25. The van der Waals surface area contributed by atoms with E-state index in [1.807, 2.05) is 49.1 Å². The molecule has 2 aliphatic rings. The SMILES string of the molecule is CC(C)NC(=O)C1CN(Cc2ccccc2)CC12CN(C(=O)c1c[nH]c3ccccc13)C2. The number of rotatable bonds is 5. The quantitative estimate of drug-likeness (QED) is 0.653. The summed E-state index contributed by atoms with van der Waals surface area (Å²) in [6.45, 7) is 7.60. The van der Waals surface area contributed by atoms with Crippen LogP contribution in [0.3, 0.4) is 0 Å². The number of carbonyl (C=O) groups excluding carboxylic acids is 2. The number of aromatic nitrogens is 1. The van der Waals surface area contributed by atoms with Crippen LogP contribution in [0.15, 0.2) is 60.8 Å². The van der Waals surface area contributed by atoms with Crippen molar-refractivity contribution in [1.82, 2.24) is 20.1 Å². The summed E-state index contributed by atoms with van der Waals surface area (Å²) in [7, 11) is 0. The molecule has 0 aliphatic carbocycles. The molecule has 1 atom stereocenters. The maximum absolute atomic E-state index is 13.3. The van der Waals surface area contributed by atoms with E-state index >= 15 is 0 Å². The van der Waals surface area contributed by atoms with Crippen LogP contribution in [0.4, 0.5) is 0 Å². The van der Waals surface area contributed by atoms with Gasteiger partial charge in [0.15, 0.2) is 0 Å². The molecule has 1 spiro atoms. The Morgan fingerprint density at radius 1 is 1.06 bits per heavy atom. The van der Waals surface area contributed by atoms with Crippen LogP contribution in [-0.4, -0.2) is 58.8 Å². The highest BCUT2D eigenvalue weighted by atomic mass is 16.2. The van der Waals surface area contributed by atoms with Crippen molar-refractivity contribution in [3.63, 3.8) is 0 Å². The Hall–Kier alpha value is -3.12. The molecule has 2 N–H and O–H groups in total. The number of likely N-dealkylation sites (tertiary alicyclic amines) is 2. The van der Waals surface area contributed by atoms with Gasteiger partial charge in [0.05, 0.1) is 11.5 Å². The fourth-order valence-electron chi connectivity index (χ4n) is 5.38. The van der Waals surface area contributed by atoms with Gasteiger partial charge >= 0.3 is 0 Å². The molecule has 5 rings (SSSR count). The van der Waals surface area contributed by atoms with Gasteiger partial charge in [-0.1, -0.05) is 48.5 Å². The van der Waals surface area contributed by atoms with Crippen molar-refractivity contribution < 1.29 is 9.59 Å². The standard InChI is InChI=1S/C26H30N4O2/c1-18(2)28-24(31)22-14-29(13-19-8-4-3-5-9-19)15-26(22)16-30(17-26)25(32)21-12-27-23-11-7-6-10-20(21)23/h3-12,18,22,27H,13-17H2,1-2H3,(H,28,31). The van der Waals surface area contributed by atoms with Crippen LogP contribution in [0, 0.1) is 11.3 Å². The zero-order chi connectivity index (χ0) is 22.3. The van der Waals surface area contributed by atoms with Crippen LogP contribution in [-0.2, 0) is 11.3 Å². The molecule has 2 amide bonds. The molecule has 1 aromatic heterocycles. The topological polar surface area (TPSA) is 68.4 Å². The van der Waals surface area contributed by atoms with E-state index in [0.717, 1.165) is 30.5 Å². The van der Waals surface area contributed by atoms with E-state index in [9.17, 15) is 9.59 Å². The normalized spacial score (nSPS) is 20.1. The number of fused-ring (bicyclic) bond motifs is 1. The molecule has 2 fully saturated rings. The van der Waals surface area contributed by atoms with Crippen LogP contribution in [0.1, 0.15) is 29.8 Å². The monoisotopic (exact) mass is 430 g/mol. The lowest BCUT2D eigenvalue weighted by molar-refractivity contribution is -0.131. The van der Waals surface area contributed by atoms with Gasteiger partial charge in [-0.3, -0.25) is 14.5 Å². The summed E-state index contributed by atoms with van der Waals surface area (Å²) in [5, 5.41) is 4.06. The summed E-state index contributed by atoms with van der Waals surface area (Å²) in [5.74, 6) is 0.0352. The molecule has 0 bridgehead atoms. The fraction of sp³-hybridized carbons (Fsp3) is 0.385. The lowest BCUT2D eigenvalue weighted by Crippen LogP contribution is -2.64. The molecule has 0 saturated carbocycles. The molecule has 6 heteroatoms. The zero-order valence-corrected chi connectivity index (χ0v) is 18.7. The van der Waals surface area contributed by atoms with E-state index in [1.165, 1.54) is 5.56 Å². The Balaban J connectivity index is 1.34. The van der Waals surface area contributed by atoms with Crippen molar-refractivity contribution >= 4 is 22.7 Å². The van der Waals surface area contributed by atoms with Gasteiger partial charge in [-0.15, -0.1) is 0 Å². The third-order valence-electron chi connectivity index (χ3n) is 6.83. The van der Waals surface area contributed by atoms with Gasteiger partial charge in [0.2, 0.25) is 5.91 Å². The zero-order valence-electron chi connectivity index (χ0n) is 18.7. The van der Waals surface area contributed by atoms with Crippen molar-refractivity contribution in [3.05, 3.63) is 71.9 Å². The first-order chi connectivity index (χ1) is 15.4. The summed E-state index contributed by atoms with van der Waals surface area (Å²) in [5.41, 5.74) is 2.74. The molecule has 3 aromatic rings. The average molecular weight is 431 g/mol. The van der Waals surface area contributed by atoms with E-state index in [0.29, 0.717) is 18.7 Å². The second kappa shape index (κ2) is 8.10. The number of nitrogens with one attached hydrogen (secondary N) is 2. The minimum atomic E-state index is -0.185. The van der Waals surface area contributed by atoms with Gasteiger partial charge in [0, 0.05) is 61.3 Å². The Morgan fingerprint density at radius 2 is 1.78 bits per heavy atom. The summed E-state index contributed by atoms with van der Waals surface area (Å²) in [4.78, 5) is 33.8.